The highest BCUT2D eigenvalue weighted by Gasteiger charge is 2.24. The Hall–Kier alpha value is -1.49. The lowest BCUT2D eigenvalue weighted by Crippen LogP contribution is -2.31. The maximum Gasteiger partial charge on any atom is 0.370 e. The number of carboxylic acids is 1. The smallest absolute Gasteiger partial charge is 0.370 e. The molecule has 0 bridgehead atoms. The Morgan fingerprint density at radius 3 is 2.44 bits per heavy atom. The Kier molecular flexibility index (Phi) is 7.12. The van der Waals surface area contributed by atoms with Crippen molar-refractivity contribution < 1.29 is 24.1 Å². The third-order valence-electron chi connectivity index (χ3n) is 1.82. The van der Waals surface area contributed by atoms with Crippen molar-refractivity contribution in [1.82, 2.24) is 0 Å². The molecule has 0 fully saturated rings. The lowest BCUT2D eigenvalue weighted by molar-refractivity contribution is -0.200. The molecule has 0 aromatic heterocycles. The second kappa shape index (κ2) is 7.76. The van der Waals surface area contributed by atoms with Crippen LogP contribution in [0, 0.1) is 5.92 Å². The minimum Gasteiger partial charge on any atom is -0.499 e. The zero-order chi connectivity index (χ0) is 14.2. The van der Waals surface area contributed by atoms with Gasteiger partial charge in [-0.2, -0.15) is 0 Å². The lowest BCUT2D eigenvalue weighted by atomic mass is 10.2. The second-order valence-corrected chi connectivity index (χ2v) is 4.47. The molecule has 0 aliphatic heterocycles. The minimum absolute atomic E-state index is 0.0796. The van der Waals surface area contributed by atoms with E-state index in [4.69, 9.17) is 19.3 Å². The van der Waals surface area contributed by atoms with E-state index in [0.29, 0.717) is 6.61 Å². The molecule has 1 N–H and O–H groups in total. The second-order valence-electron chi connectivity index (χ2n) is 4.47. The molecule has 0 atom stereocenters. The zero-order valence-corrected chi connectivity index (χ0v) is 11.4. The summed E-state index contributed by atoms with van der Waals surface area (Å²) >= 11 is 0. The van der Waals surface area contributed by atoms with E-state index in [-0.39, 0.29) is 18.3 Å². The number of rotatable bonds is 9. The Balaban J connectivity index is 4.42. The molecule has 0 spiro atoms. The molecule has 0 unspecified atom stereocenters. The van der Waals surface area contributed by atoms with E-state index in [9.17, 15) is 4.79 Å². The summed E-state index contributed by atoms with van der Waals surface area (Å²) in [6.07, 6.45) is 2.85. The van der Waals surface area contributed by atoms with E-state index >= 15 is 0 Å². The molecule has 104 valence electrons. The van der Waals surface area contributed by atoms with E-state index in [1.54, 1.807) is 13.8 Å². The van der Waals surface area contributed by atoms with Crippen LogP contribution in [0.3, 0.4) is 0 Å². The van der Waals surface area contributed by atoms with Crippen LogP contribution < -0.4 is 0 Å². The third-order valence-corrected chi connectivity index (χ3v) is 1.82. The molecule has 0 heterocycles. The van der Waals surface area contributed by atoms with Crippen LogP contribution in [0.1, 0.15) is 27.7 Å². The number of allylic oxidation sites excluding steroid dienone is 1. The van der Waals surface area contributed by atoms with Crippen molar-refractivity contribution in [3.63, 3.8) is 0 Å². The van der Waals surface area contributed by atoms with E-state index in [0.717, 1.165) is 0 Å². The van der Waals surface area contributed by atoms with Crippen LogP contribution in [0.2, 0.25) is 0 Å². The Labute approximate surface area is 108 Å². The van der Waals surface area contributed by atoms with Crippen LogP contribution in [0.5, 0.6) is 0 Å². The molecule has 5 nitrogen and oxygen atoms in total. The lowest BCUT2D eigenvalue weighted by Gasteiger charge is -2.26. The van der Waals surface area contributed by atoms with Crippen LogP contribution in [-0.4, -0.2) is 30.1 Å². The Morgan fingerprint density at radius 1 is 1.39 bits per heavy atom. The molecule has 0 rings (SSSR count). The molecular weight excluding hydrogens is 236 g/mol. The predicted molar refractivity (Wildman–Crippen MR) is 67.8 cm³/mol. The van der Waals surface area contributed by atoms with Gasteiger partial charge in [-0.25, -0.2) is 4.79 Å². The summed E-state index contributed by atoms with van der Waals surface area (Å²) < 4.78 is 15.6. The summed E-state index contributed by atoms with van der Waals surface area (Å²) in [6.45, 7) is 11.1. The van der Waals surface area contributed by atoms with Gasteiger partial charge in [-0.3, -0.25) is 0 Å². The van der Waals surface area contributed by atoms with Crippen LogP contribution in [0.15, 0.2) is 24.7 Å². The zero-order valence-electron chi connectivity index (χ0n) is 11.4. The maximum atomic E-state index is 11.0. The van der Waals surface area contributed by atoms with Gasteiger partial charge >= 0.3 is 5.97 Å². The van der Waals surface area contributed by atoms with Crippen molar-refractivity contribution in [2.75, 3.05) is 13.2 Å². The van der Waals surface area contributed by atoms with Crippen molar-refractivity contribution in [3.8, 4) is 0 Å². The average molecular weight is 258 g/mol. The normalized spacial score (nSPS) is 12.4. The highest BCUT2D eigenvalue weighted by atomic mass is 16.7. The van der Waals surface area contributed by atoms with Crippen LogP contribution >= 0.6 is 0 Å². The van der Waals surface area contributed by atoms with Crippen LogP contribution in [-0.2, 0) is 19.0 Å². The molecule has 18 heavy (non-hydrogen) atoms. The van der Waals surface area contributed by atoms with Crippen LogP contribution in [0.25, 0.3) is 0 Å². The van der Waals surface area contributed by atoms with Gasteiger partial charge in [0.15, 0.2) is 0 Å². The first-order valence-corrected chi connectivity index (χ1v) is 5.79. The summed E-state index contributed by atoms with van der Waals surface area (Å²) in [5.74, 6) is -2.16. The molecule has 0 aliphatic carbocycles. The quantitative estimate of drug-likeness (QED) is 0.298. The number of aliphatic carboxylic acids is 1. The SMILES string of the molecule is C=COCCOC(C)(C)OC(=CC(C)C)C(=O)O. The number of hydrogen-bond acceptors (Lipinski definition) is 4. The fourth-order valence-corrected chi connectivity index (χ4v) is 1.16. The summed E-state index contributed by atoms with van der Waals surface area (Å²) in [5.41, 5.74) is 0. The van der Waals surface area contributed by atoms with Gasteiger partial charge in [-0.05, 0) is 12.0 Å². The third kappa shape index (κ3) is 7.73. The van der Waals surface area contributed by atoms with E-state index < -0.39 is 11.8 Å². The average Bonchev–Trinajstić information content (AvgIpc) is 2.22. The molecule has 0 amide bonds. The fraction of sp³-hybridized carbons (Fsp3) is 0.615. The van der Waals surface area contributed by atoms with Crippen molar-refractivity contribution in [1.29, 1.82) is 0 Å². The van der Waals surface area contributed by atoms with Gasteiger partial charge in [0.1, 0.15) is 6.61 Å². The Morgan fingerprint density at radius 2 is 2.00 bits per heavy atom. The number of carboxylic acid groups (broad SMARTS) is 1. The van der Waals surface area contributed by atoms with Crippen molar-refractivity contribution >= 4 is 5.97 Å². The predicted octanol–water partition coefficient (Wildman–Crippen LogP) is 2.54. The molecule has 0 aromatic carbocycles. The van der Waals surface area contributed by atoms with E-state index in [2.05, 4.69) is 6.58 Å². The molecule has 5 heteroatoms. The molecule has 0 radical (unpaired) electrons. The van der Waals surface area contributed by atoms with E-state index in [1.165, 1.54) is 12.3 Å². The topological polar surface area (TPSA) is 65.0 Å². The minimum atomic E-state index is -1.11. The van der Waals surface area contributed by atoms with Gasteiger partial charge in [-0.1, -0.05) is 20.4 Å². The van der Waals surface area contributed by atoms with Gasteiger partial charge in [-0.15, -0.1) is 0 Å². The first-order chi connectivity index (χ1) is 8.28. The number of hydrogen-bond donors (Lipinski definition) is 1. The van der Waals surface area contributed by atoms with Gasteiger partial charge < -0.3 is 19.3 Å². The first-order valence-electron chi connectivity index (χ1n) is 5.79. The number of ether oxygens (including phenoxy) is 3. The molecule has 0 aromatic rings. The van der Waals surface area contributed by atoms with E-state index in [1.807, 2.05) is 13.8 Å². The monoisotopic (exact) mass is 258 g/mol. The highest BCUT2D eigenvalue weighted by molar-refractivity contribution is 5.84. The molecular formula is C13H22O5. The number of carbonyl (C=O) groups is 1. The van der Waals surface area contributed by atoms with Gasteiger partial charge in [0.2, 0.25) is 11.5 Å². The Bertz CT molecular complexity index is 305. The largest absolute Gasteiger partial charge is 0.499 e. The highest BCUT2D eigenvalue weighted by Crippen LogP contribution is 2.18. The van der Waals surface area contributed by atoms with Gasteiger partial charge in [0, 0.05) is 13.8 Å². The fourth-order valence-electron chi connectivity index (χ4n) is 1.16. The van der Waals surface area contributed by atoms with Gasteiger partial charge in [0.05, 0.1) is 12.9 Å². The summed E-state index contributed by atoms with van der Waals surface area (Å²) in [6, 6.07) is 0. The maximum absolute atomic E-state index is 11.0. The van der Waals surface area contributed by atoms with Crippen molar-refractivity contribution in [3.05, 3.63) is 24.7 Å². The standard InChI is InChI=1S/C13H22O5/c1-6-16-7-8-17-13(4,5)18-11(12(14)15)9-10(2)3/h6,9-10H,1,7-8H2,2-5H3,(H,14,15). The first kappa shape index (κ1) is 16.5. The van der Waals surface area contributed by atoms with Crippen LogP contribution in [0.4, 0.5) is 0 Å². The summed E-state index contributed by atoms with van der Waals surface area (Å²) in [7, 11) is 0. The van der Waals surface area contributed by atoms with Crippen molar-refractivity contribution in [2.24, 2.45) is 5.92 Å². The van der Waals surface area contributed by atoms with Crippen molar-refractivity contribution in [2.45, 2.75) is 33.5 Å². The molecule has 0 aliphatic rings. The summed E-state index contributed by atoms with van der Waals surface area (Å²) in [5, 5.41) is 9.01. The van der Waals surface area contributed by atoms with Gasteiger partial charge in [0.25, 0.3) is 0 Å². The molecule has 0 saturated heterocycles. The molecule has 0 saturated carbocycles. The summed E-state index contributed by atoms with van der Waals surface area (Å²) in [4.78, 5) is 11.0.